The molecule has 0 bridgehead atoms. The number of rotatable bonds is 5. The van der Waals surface area contributed by atoms with E-state index in [2.05, 4.69) is 183 Å². The lowest BCUT2D eigenvalue weighted by atomic mass is 9.82. The summed E-state index contributed by atoms with van der Waals surface area (Å²) in [5, 5.41) is 4.67. The zero-order valence-corrected chi connectivity index (χ0v) is 28.6. The summed E-state index contributed by atoms with van der Waals surface area (Å²) in [6.45, 7) is 4.72. The molecule has 10 rings (SSSR count). The van der Waals surface area contributed by atoms with Gasteiger partial charge >= 0.3 is 0 Å². The van der Waals surface area contributed by atoms with Crippen molar-refractivity contribution in [2.24, 2.45) is 0 Å². The largest absolute Gasteiger partial charge is 0.456 e. The molecule has 0 N–H and O–H groups in total. The molecule has 8 aromatic carbocycles. The Morgan fingerprint density at radius 3 is 1.94 bits per heavy atom. The summed E-state index contributed by atoms with van der Waals surface area (Å²) in [6.07, 6.45) is 0. The van der Waals surface area contributed by atoms with E-state index in [1.807, 2.05) is 12.1 Å². The molecular formula is C49H35NO. The highest BCUT2D eigenvalue weighted by Crippen LogP contribution is 2.52. The van der Waals surface area contributed by atoms with Crippen molar-refractivity contribution >= 4 is 49.8 Å². The summed E-state index contributed by atoms with van der Waals surface area (Å²) in [6, 6.07) is 63.7. The number of para-hydroxylation sites is 2. The zero-order chi connectivity index (χ0) is 34.1. The molecule has 51 heavy (non-hydrogen) atoms. The summed E-state index contributed by atoms with van der Waals surface area (Å²) in [5.74, 6) is 0. The van der Waals surface area contributed by atoms with Gasteiger partial charge in [-0.1, -0.05) is 141 Å². The number of anilines is 3. The molecule has 1 heterocycles. The molecule has 2 heteroatoms. The van der Waals surface area contributed by atoms with Crippen LogP contribution in [0.4, 0.5) is 17.1 Å². The van der Waals surface area contributed by atoms with E-state index in [1.54, 1.807) is 0 Å². The molecule has 0 saturated carbocycles. The van der Waals surface area contributed by atoms with Crippen LogP contribution in [0.5, 0.6) is 0 Å². The fourth-order valence-corrected chi connectivity index (χ4v) is 8.40. The Kier molecular flexibility index (Phi) is 6.56. The van der Waals surface area contributed by atoms with Gasteiger partial charge in [-0.15, -0.1) is 0 Å². The SMILES string of the molecule is CC1(C)c2ccccc2-c2cc3cccc(N(c4ccc5oc6ccccc6c5c4)c4ccccc4-c4ccccc4-c4ccccc4)c3cc21. The molecule has 2 nitrogen and oxygen atoms in total. The van der Waals surface area contributed by atoms with Gasteiger partial charge in [-0.2, -0.15) is 0 Å². The van der Waals surface area contributed by atoms with Gasteiger partial charge in [-0.3, -0.25) is 0 Å². The van der Waals surface area contributed by atoms with Crippen LogP contribution in [0.15, 0.2) is 180 Å². The van der Waals surface area contributed by atoms with Crippen LogP contribution in [-0.2, 0) is 5.41 Å². The molecule has 0 atom stereocenters. The van der Waals surface area contributed by atoms with Gasteiger partial charge in [0.2, 0.25) is 0 Å². The summed E-state index contributed by atoms with van der Waals surface area (Å²) >= 11 is 0. The van der Waals surface area contributed by atoms with E-state index in [4.69, 9.17) is 4.42 Å². The van der Waals surface area contributed by atoms with E-state index in [1.165, 1.54) is 55.3 Å². The molecule has 0 spiro atoms. The van der Waals surface area contributed by atoms with Crippen LogP contribution in [0, 0.1) is 0 Å². The minimum Gasteiger partial charge on any atom is -0.456 e. The van der Waals surface area contributed by atoms with Crippen molar-refractivity contribution in [1.29, 1.82) is 0 Å². The number of benzene rings is 8. The predicted molar refractivity (Wildman–Crippen MR) is 214 cm³/mol. The van der Waals surface area contributed by atoms with Gasteiger partial charge in [-0.05, 0) is 92.9 Å². The van der Waals surface area contributed by atoms with Crippen LogP contribution in [-0.4, -0.2) is 0 Å². The molecular weight excluding hydrogens is 619 g/mol. The smallest absolute Gasteiger partial charge is 0.135 e. The molecule has 1 aliphatic carbocycles. The summed E-state index contributed by atoms with van der Waals surface area (Å²) in [5.41, 5.74) is 15.2. The first-order chi connectivity index (χ1) is 25.1. The Bertz CT molecular complexity index is 2790. The molecule has 242 valence electrons. The number of fused-ring (bicyclic) bond motifs is 7. The van der Waals surface area contributed by atoms with Crippen LogP contribution >= 0.6 is 0 Å². The molecule has 0 amide bonds. The van der Waals surface area contributed by atoms with Crippen molar-refractivity contribution in [3.8, 4) is 33.4 Å². The van der Waals surface area contributed by atoms with Crippen molar-refractivity contribution in [2.45, 2.75) is 19.3 Å². The number of nitrogens with zero attached hydrogens (tertiary/aromatic N) is 1. The Labute approximate surface area is 297 Å². The predicted octanol–water partition coefficient (Wildman–Crippen LogP) is 13.8. The second kappa shape index (κ2) is 11.3. The van der Waals surface area contributed by atoms with Crippen LogP contribution < -0.4 is 4.90 Å². The lowest BCUT2D eigenvalue weighted by Gasteiger charge is -2.30. The Hall–Kier alpha value is -6.38. The summed E-state index contributed by atoms with van der Waals surface area (Å²) in [4.78, 5) is 2.46. The molecule has 1 aliphatic rings. The minimum atomic E-state index is -0.112. The van der Waals surface area contributed by atoms with Crippen LogP contribution in [0.2, 0.25) is 0 Å². The normalized spacial score (nSPS) is 13.1. The summed E-state index contributed by atoms with van der Waals surface area (Å²) in [7, 11) is 0. The van der Waals surface area contributed by atoms with Crippen molar-refractivity contribution < 1.29 is 4.42 Å². The van der Waals surface area contributed by atoms with E-state index in [-0.39, 0.29) is 5.41 Å². The maximum Gasteiger partial charge on any atom is 0.135 e. The molecule has 1 aromatic heterocycles. The standard InChI is InChI=1S/C49H35NO/c1-49(2)43-23-11-8-20-37(43)41-29-33-17-14-25-46(40(33)31-44(41)49)50(34-27-28-48-42(30-34)39-22-10-13-26-47(39)51-48)45-24-12-9-21-38(45)36-19-7-6-18-35(36)32-15-4-3-5-16-32/h3-31H,1-2H3. The van der Waals surface area contributed by atoms with E-state index in [9.17, 15) is 0 Å². The third-order valence-electron chi connectivity index (χ3n) is 10.9. The van der Waals surface area contributed by atoms with Gasteiger partial charge in [0, 0.05) is 32.8 Å². The Balaban J connectivity index is 1.26. The van der Waals surface area contributed by atoms with Gasteiger partial charge in [-0.25, -0.2) is 0 Å². The van der Waals surface area contributed by atoms with E-state index >= 15 is 0 Å². The number of furan rings is 1. The second-order valence-electron chi connectivity index (χ2n) is 14.1. The monoisotopic (exact) mass is 653 g/mol. The third-order valence-corrected chi connectivity index (χ3v) is 10.9. The highest BCUT2D eigenvalue weighted by molar-refractivity contribution is 6.09. The minimum absolute atomic E-state index is 0.112. The average Bonchev–Trinajstić information content (AvgIpc) is 3.66. The third kappa shape index (κ3) is 4.57. The summed E-state index contributed by atoms with van der Waals surface area (Å²) < 4.78 is 6.31. The molecule has 0 saturated heterocycles. The topological polar surface area (TPSA) is 16.4 Å². The molecule has 0 radical (unpaired) electrons. The highest BCUT2D eigenvalue weighted by Gasteiger charge is 2.36. The molecule has 0 aliphatic heterocycles. The first-order valence-electron chi connectivity index (χ1n) is 17.7. The average molecular weight is 654 g/mol. The molecule has 0 fully saturated rings. The maximum absolute atomic E-state index is 6.31. The van der Waals surface area contributed by atoms with Crippen molar-refractivity contribution in [3.05, 3.63) is 187 Å². The lowest BCUT2D eigenvalue weighted by Crippen LogP contribution is -2.15. The van der Waals surface area contributed by atoms with E-state index < -0.39 is 0 Å². The maximum atomic E-state index is 6.31. The van der Waals surface area contributed by atoms with Gasteiger partial charge in [0.25, 0.3) is 0 Å². The fraction of sp³-hybridized carbons (Fsp3) is 0.0612. The number of hydrogen-bond acceptors (Lipinski definition) is 2. The van der Waals surface area contributed by atoms with Crippen molar-refractivity contribution in [3.63, 3.8) is 0 Å². The van der Waals surface area contributed by atoms with Gasteiger partial charge in [0.15, 0.2) is 0 Å². The van der Waals surface area contributed by atoms with Crippen molar-refractivity contribution in [1.82, 2.24) is 0 Å². The number of hydrogen-bond donors (Lipinski definition) is 0. The quantitative estimate of drug-likeness (QED) is 0.184. The highest BCUT2D eigenvalue weighted by atomic mass is 16.3. The van der Waals surface area contributed by atoms with E-state index in [0.717, 1.165) is 39.0 Å². The first kappa shape index (κ1) is 29.5. The second-order valence-corrected chi connectivity index (χ2v) is 14.1. The van der Waals surface area contributed by atoms with E-state index in [0.29, 0.717) is 0 Å². The van der Waals surface area contributed by atoms with Gasteiger partial charge < -0.3 is 9.32 Å². The Morgan fingerprint density at radius 1 is 0.412 bits per heavy atom. The fourth-order valence-electron chi connectivity index (χ4n) is 8.40. The van der Waals surface area contributed by atoms with Crippen LogP contribution in [0.25, 0.3) is 66.1 Å². The zero-order valence-electron chi connectivity index (χ0n) is 28.6. The van der Waals surface area contributed by atoms with Crippen molar-refractivity contribution in [2.75, 3.05) is 4.90 Å². The lowest BCUT2D eigenvalue weighted by molar-refractivity contribution is 0.661. The first-order valence-corrected chi connectivity index (χ1v) is 17.7. The van der Waals surface area contributed by atoms with Crippen LogP contribution in [0.1, 0.15) is 25.0 Å². The molecule has 9 aromatic rings. The molecule has 0 unspecified atom stereocenters. The Morgan fingerprint density at radius 2 is 1.08 bits per heavy atom. The van der Waals surface area contributed by atoms with Crippen LogP contribution in [0.3, 0.4) is 0 Å². The van der Waals surface area contributed by atoms with Gasteiger partial charge in [0.1, 0.15) is 11.2 Å². The van der Waals surface area contributed by atoms with Gasteiger partial charge in [0.05, 0.1) is 11.4 Å².